The van der Waals surface area contributed by atoms with Crippen molar-refractivity contribution >= 4 is 5.91 Å². The maximum Gasteiger partial charge on any atom is 0.268 e. The summed E-state index contributed by atoms with van der Waals surface area (Å²) in [7, 11) is 4.70. The van der Waals surface area contributed by atoms with Gasteiger partial charge in [0, 0.05) is 23.9 Å². The Kier molecular flexibility index (Phi) is 5.89. The lowest BCUT2D eigenvalue weighted by atomic mass is 9.95. The number of nitrogens with one attached hydrogen (secondary N) is 2. The van der Waals surface area contributed by atoms with Gasteiger partial charge in [0.25, 0.3) is 5.91 Å². The van der Waals surface area contributed by atoms with E-state index in [2.05, 4.69) is 10.3 Å². The van der Waals surface area contributed by atoms with E-state index in [4.69, 9.17) is 14.2 Å². The first-order valence-electron chi connectivity index (χ1n) is 8.99. The zero-order valence-electron chi connectivity index (χ0n) is 16.5. The molecule has 2 aromatic carbocycles. The van der Waals surface area contributed by atoms with Crippen LogP contribution in [0.4, 0.5) is 0 Å². The van der Waals surface area contributed by atoms with Crippen LogP contribution in [0.25, 0.3) is 22.3 Å². The molecule has 0 unspecified atom stereocenters. The monoisotopic (exact) mass is 380 g/mol. The average molecular weight is 380 g/mol. The normalized spacial score (nSPS) is 10.4. The molecular formula is C22H24N2O4. The second kappa shape index (κ2) is 8.52. The van der Waals surface area contributed by atoms with Crippen LogP contribution in [0.15, 0.2) is 48.7 Å². The van der Waals surface area contributed by atoms with Crippen molar-refractivity contribution in [2.24, 2.45) is 0 Å². The zero-order chi connectivity index (χ0) is 20.1. The molecule has 1 amide bonds. The van der Waals surface area contributed by atoms with E-state index < -0.39 is 0 Å². The zero-order valence-corrected chi connectivity index (χ0v) is 16.5. The minimum Gasteiger partial charge on any atom is -0.493 e. The molecule has 3 rings (SSSR count). The highest BCUT2D eigenvalue weighted by Crippen LogP contribution is 2.44. The largest absolute Gasteiger partial charge is 0.493 e. The summed E-state index contributed by atoms with van der Waals surface area (Å²) in [6, 6.07) is 13.6. The van der Waals surface area contributed by atoms with Crippen LogP contribution in [-0.2, 0) is 0 Å². The highest BCUT2D eigenvalue weighted by atomic mass is 16.5. The van der Waals surface area contributed by atoms with E-state index in [1.165, 1.54) is 0 Å². The number of aromatic nitrogens is 1. The third-order valence-corrected chi connectivity index (χ3v) is 4.48. The van der Waals surface area contributed by atoms with E-state index in [9.17, 15) is 4.79 Å². The van der Waals surface area contributed by atoms with Gasteiger partial charge in [0.1, 0.15) is 5.69 Å². The van der Waals surface area contributed by atoms with Gasteiger partial charge in [0.15, 0.2) is 11.5 Å². The fourth-order valence-corrected chi connectivity index (χ4v) is 3.22. The van der Waals surface area contributed by atoms with Crippen LogP contribution in [0.1, 0.15) is 17.4 Å². The van der Waals surface area contributed by atoms with E-state index >= 15 is 0 Å². The molecule has 0 atom stereocenters. The van der Waals surface area contributed by atoms with E-state index in [1.807, 2.05) is 55.6 Å². The highest BCUT2D eigenvalue weighted by molar-refractivity contribution is 6.04. The van der Waals surface area contributed by atoms with Gasteiger partial charge in [0.05, 0.1) is 21.3 Å². The van der Waals surface area contributed by atoms with Crippen molar-refractivity contribution in [2.75, 3.05) is 27.9 Å². The van der Waals surface area contributed by atoms with Crippen LogP contribution in [-0.4, -0.2) is 38.8 Å². The molecule has 0 aliphatic heterocycles. The van der Waals surface area contributed by atoms with Gasteiger partial charge in [-0.2, -0.15) is 0 Å². The third-order valence-electron chi connectivity index (χ3n) is 4.48. The Morgan fingerprint density at radius 1 is 0.964 bits per heavy atom. The second-order valence-electron chi connectivity index (χ2n) is 6.09. The number of aromatic amines is 1. The van der Waals surface area contributed by atoms with Crippen molar-refractivity contribution in [3.05, 3.63) is 54.4 Å². The van der Waals surface area contributed by atoms with Crippen LogP contribution in [0.2, 0.25) is 0 Å². The van der Waals surface area contributed by atoms with Gasteiger partial charge in [-0.15, -0.1) is 0 Å². The fraction of sp³-hybridized carbons (Fsp3) is 0.227. The Morgan fingerprint density at radius 3 is 2.14 bits per heavy atom. The molecule has 6 nitrogen and oxygen atoms in total. The smallest absolute Gasteiger partial charge is 0.268 e. The SMILES string of the molecule is CCNC(=O)c1[nH]cc(-c2ccccc2)c1-c1cc(OC)c(OC)c(OC)c1. The maximum atomic E-state index is 12.7. The summed E-state index contributed by atoms with van der Waals surface area (Å²) in [5.74, 6) is 1.39. The van der Waals surface area contributed by atoms with Crippen molar-refractivity contribution in [2.45, 2.75) is 6.92 Å². The van der Waals surface area contributed by atoms with Gasteiger partial charge in [-0.3, -0.25) is 4.79 Å². The maximum absolute atomic E-state index is 12.7. The van der Waals surface area contributed by atoms with Gasteiger partial charge in [-0.25, -0.2) is 0 Å². The Bertz CT molecular complexity index is 939. The standard InChI is InChI=1S/C22H24N2O4/c1-5-23-22(25)20-19(16(13-24-20)14-9-7-6-8-10-14)15-11-17(26-2)21(28-4)18(12-15)27-3/h6-13,24H,5H2,1-4H3,(H,23,25). The first-order chi connectivity index (χ1) is 13.6. The third kappa shape index (κ3) is 3.53. The van der Waals surface area contributed by atoms with Crippen molar-refractivity contribution in [1.29, 1.82) is 0 Å². The fourth-order valence-electron chi connectivity index (χ4n) is 3.22. The lowest BCUT2D eigenvalue weighted by Crippen LogP contribution is -2.23. The molecule has 0 saturated heterocycles. The molecule has 3 aromatic rings. The van der Waals surface area contributed by atoms with E-state index in [0.29, 0.717) is 29.5 Å². The van der Waals surface area contributed by atoms with Gasteiger partial charge >= 0.3 is 0 Å². The molecule has 28 heavy (non-hydrogen) atoms. The first-order valence-corrected chi connectivity index (χ1v) is 8.99. The van der Waals surface area contributed by atoms with Crippen molar-refractivity contribution < 1.29 is 19.0 Å². The van der Waals surface area contributed by atoms with Crippen LogP contribution >= 0.6 is 0 Å². The number of ether oxygens (including phenoxy) is 3. The molecule has 1 aromatic heterocycles. The number of methoxy groups -OCH3 is 3. The number of carbonyl (C=O) groups excluding carboxylic acids is 1. The van der Waals surface area contributed by atoms with E-state index in [1.54, 1.807) is 21.3 Å². The Hall–Kier alpha value is -3.41. The summed E-state index contributed by atoms with van der Waals surface area (Å²) < 4.78 is 16.4. The lowest BCUT2D eigenvalue weighted by molar-refractivity contribution is 0.0952. The molecule has 0 saturated carbocycles. The number of carbonyl (C=O) groups is 1. The van der Waals surface area contributed by atoms with E-state index in [0.717, 1.165) is 22.3 Å². The van der Waals surface area contributed by atoms with Gasteiger partial charge in [0.2, 0.25) is 5.75 Å². The molecular weight excluding hydrogens is 356 g/mol. The number of rotatable bonds is 7. The Balaban J connectivity index is 2.27. The number of amides is 1. The molecule has 0 aliphatic rings. The quantitative estimate of drug-likeness (QED) is 0.647. The van der Waals surface area contributed by atoms with Crippen LogP contribution in [0.5, 0.6) is 17.2 Å². The topological polar surface area (TPSA) is 72.6 Å². The van der Waals surface area contributed by atoms with Crippen LogP contribution in [0.3, 0.4) is 0 Å². The number of benzene rings is 2. The molecule has 146 valence electrons. The predicted octanol–water partition coefficient (Wildman–Crippen LogP) is 4.12. The summed E-state index contributed by atoms with van der Waals surface area (Å²) in [6.45, 7) is 2.42. The summed E-state index contributed by atoms with van der Waals surface area (Å²) in [6.07, 6.45) is 1.85. The summed E-state index contributed by atoms with van der Waals surface area (Å²) in [5, 5.41) is 2.86. The molecule has 2 N–H and O–H groups in total. The summed E-state index contributed by atoms with van der Waals surface area (Å²) in [4.78, 5) is 15.8. The summed E-state index contributed by atoms with van der Waals surface area (Å²) >= 11 is 0. The minimum absolute atomic E-state index is 0.173. The van der Waals surface area contributed by atoms with Gasteiger partial charge in [-0.05, 0) is 30.2 Å². The molecule has 0 fully saturated rings. The number of H-pyrrole nitrogens is 1. The molecule has 0 radical (unpaired) electrons. The molecule has 6 heteroatoms. The van der Waals surface area contributed by atoms with Crippen molar-refractivity contribution in [3.63, 3.8) is 0 Å². The first kappa shape index (κ1) is 19.4. The Morgan fingerprint density at radius 2 is 1.61 bits per heavy atom. The average Bonchev–Trinajstić information content (AvgIpc) is 3.18. The minimum atomic E-state index is -0.173. The van der Waals surface area contributed by atoms with E-state index in [-0.39, 0.29) is 5.91 Å². The van der Waals surface area contributed by atoms with Gasteiger partial charge in [-0.1, -0.05) is 30.3 Å². The second-order valence-corrected chi connectivity index (χ2v) is 6.09. The summed E-state index contributed by atoms with van der Waals surface area (Å²) in [5.41, 5.74) is 3.96. The van der Waals surface area contributed by atoms with Gasteiger partial charge < -0.3 is 24.5 Å². The lowest BCUT2D eigenvalue weighted by Gasteiger charge is -2.15. The van der Waals surface area contributed by atoms with Crippen LogP contribution in [0, 0.1) is 0 Å². The van der Waals surface area contributed by atoms with Crippen molar-refractivity contribution in [1.82, 2.24) is 10.3 Å². The predicted molar refractivity (Wildman–Crippen MR) is 109 cm³/mol. The van der Waals surface area contributed by atoms with Crippen LogP contribution < -0.4 is 19.5 Å². The molecule has 0 spiro atoms. The number of hydrogen-bond acceptors (Lipinski definition) is 4. The molecule has 0 aliphatic carbocycles. The van der Waals surface area contributed by atoms with Crippen molar-refractivity contribution in [3.8, 4) is 39.5 Å². The number of hydrogen-bond donors (Lipinski definition) is 2. The highest BCUT2D eigenvalue weighted by Gasteiger charge is 2.23. The molecule has 1 heterocycles. The Labute approximate surface area is 164 Å². The molecule has 0 bridgehead atoms.